The van der Waals surface area contributed by atoms with E-state index in [-0.39, 0.29) is 11.9 Å². The van der Waals surface area contributed by atoms with Crippen molar-refractivity contribution in [3.8, 4) is 0 Å². The van der Waals surface area contributed by atoms with Crippen LogP contribution >= 0.6 is 0 Å². The average molecular weight is 350 g/mol. The molecular formula is C19H22N6O. The second-order valence-corrected chi connectivity index (χ2v) is 7.17. The van der Waals surface area contributed by atoms with Gasteiger partial charge in [-0.2, -0.15) is 5.10 Å². The van der Waals surface area contributed by atoms with E-state index in [0.29, 0.717) is 5.56 Å². The van der Waals surface area contributed by atoms with Gasteiger partial charge < -0.3 is 14.8 Å². The van der Waals surface area contributed by atoms with Crippen LogP contribution in [0.2, 0.25) is 0 Å². The zero-order valence-corrected chi connectivity index (χ0v) is 14.6. The van der Waals surface area contributed by atoms with E-state index in [4.69, 9.17) is 0 Å². The fraction of sp³-hybridized carbons (Fsp3) is 0.421. The van der Waals surface area contributed by atoms with Crippen molar-refractivity contribution >= 4 is 17.1 Å². The van der Waals surface area contributed by atoms with Gasteiger partial charge >= 0.3 is 0 Å². The Morgan fingerprint density at radius 2 is 2.08 bits per heavy atom. The highest BCUT2D eigenvalue weighted by atomic mass is 16.1. The van der Waals surface area contributed by atoms with Crippen LogP contribution in [-0.2, 0) is 13.0 Å². The molecule has 0 radical (unpaired) electrons. The molecule has 134 valence electrons. The Balaban J connectivity index is 1.38. The average Bonchev–Trinajstić information content (AvgIpc) is 3.40. The van der Waals surface area contributed by atoms with Crippen molar-refractivity contribution in [1.82, 2.24) is 24.5 Å². The molecule has 0 aromatic carbocycles. The molecule has 3 aromatic rings. The molecule has 1 saturated heterocycles. The fourth-order valence-corrected chi connectivity index (χ4v) is 4.05. The SMILES string of the molecule is O=C(NC1CCn2ccnc2C1)c1cnn2ccc(N3CCCC3)cc12. The van der Waals surface area contributed by atoms with Crippen molar-refractivity contribution in [1.29, 1.82) is 0 Å². The number of imidazole rings is 1. The highest BCUT2D eigenvalue weighted by Gasteiger charge is 2.23. The van der Waals surface area contributed by atoms with Gasteiger partial charge in [0.2, 0.25) is 0 Å². The number of anilines is 1. The monoisotopic (exact) mass is 350 g/mol. The highest BCUT2D eigenvalue weighted by molar-refractivity contribution is 6.01. The molecule has 1 fully saturated rings. The standard InChI is InChI=1S/C19H22N6O/c26-19(22-14-3-8-24-10-5-20-18(24)11-14)16-13-21-25-9-4-15(12-17(16)25)23-6-1-2-7-23/h4-5,9-10,12-14H,1-3,6-8,11H2,(H,22,26). The summed E-state index contributed by atoms with van der Waals surface area (Å²) in [6.07, 6.45) is 11.6. The van der Waals surface area contributed by atoms with Crippen molar-refractivity contribution in [2.24, 2.45) is 0 Å². The summed E-state index contributed by atoms with van der Waals surface area (Å²) in [7, 11) is 0. The zero-order chi connectivity index (χ0) is 17.5. The predicted molar refractivity (Wildman–Crippen MR) is 98.4 cm³/mol. The van der Waals surface area contributed by atoms with Crippen LogP contribution in [0.4, 0.5) is 5.69 Å². The summed E-state index contributed by atoms with van der Waals surface area (Å²) in [5.74, 6) is 0.987. The number of aromatic nitrogens is 4. The number of fused-ring (bicyclic) bond motifs is 2. The lowest BCUT2D eigenvalue weighted by atomic mass is 10.1. The van der Waals surface area contributed by atoms with Gasteiger partial charge in [-0.05, 0) is 31.4 Å². The van der Waals surface area contributed by atoms with Gasteiger partial charge in [0.1, 0.15) is 5.82 Å². The number of hydrogen-bond acceptors (Lipinski definition) is 4. The van der Waals surface area contributed by atoms with Gasteiger partial charge in [-0.3, -0.25) is 4.79 Å². The Kier molecular flexibility index (Phi) is 3.65. The van der Waals surface area contributed by atoms with Crippen LogP contribution in [0.25, 0.3) is 5.52 Å². The minimum absolute atomic E-state index is 0.0522. The van der Waals surface area contributed by atoms with Gasteiger partial charge in [0.05, 0.1) is 17.3 Å². The van der Waals surface area contributed by atoms with Crippen LogP contribution in [0.3, 0.4) is 0 Å². The molecule has 1 N–H and O–H groups in total. The van der Waals surface area contributed by atoms with E-state index in [0.717, 1.165) is 43.8 Å². The number of hydrogen-bond donors (Lipinski definition) is 1. The Morgan fingerprint density at radius 1 is 1.19 bits per heavy atom. The predicted octanol–water partition coefficient (Wildman–Crippen LogP) is 1.88. The van der Waals surface area contributed by atoms with E-state index < -0.39 is 0 Å². The van der Waals surface area contributed by atoms with Gasteiger partial charge in [-0.25, -0.2) is 9.50 Å². The molecule has 3 aromatic heterocycles. The van der Waals surface area contributed by atoms with Crippen molar-refractivity contribution in [3.63, 3.8) is 0 Å². The van der Waals surface area contributed by atoms with Crippen molar-refractivity contribution in [2.75, 3.05) is 18.0 Å². The van der Waals surface area contributed by atoms with Crippen LogP contribution in [-0.4, -0.2) is 44.2 Å². The molecule has 2 aliphatic heterocycles. The number of carbonyl (C=O) groups is 1. The third-order valence-corrected chi connectivity index (χ3v) is 5.51. The second-order valence-electron chi connectivity index (χ2n) is 7.17. The first-order valence-electron chi connectivity index (χ1n) is 9.31. The summed E-state index contributed by atoms with van der Waals surface area (Å²) in [6.45, 7) is 3.06. The van der Waals surface area contributed by atoms with Crippen molar-refractivity contribution in [3.05, 3.63) is 48.3 Å². The smallest absolute Gasteiger partial charge is 0.255 e. The largest absolute Gasteiger partial charge is 0.371 e. The lowest BCUT2D eigenvalue weighted by Crippen LogP contribution is -2.40. The first-order chi connectivity index (χ1) is 12.8. The van der Waals surface area contributed by atoms with Crippen LogP contribution in [0.1, 0.15) is 35.4 Å². The number of amides is 1. The van der Waals surface area contributed by atoms with E-state index in [2.05, 4.69) is 37.0 Å². The van der Waals surface area contributed by atoms with Gasteiger partial charge in [-0.15, -0.1) is 0 Å². The number of nitrogens with zero attached hydrogens (tertiary/aromatic N) is 5. The first kappa shape index (κ1) is 15.4. The molecule has 2 aliphatic rings. The Bertz CT molecular complexity index is 952. The molecule has 7 nitrogen and oxygen atoms in total. The molecule has 0 spiro atoms. The van der Waals surface area contributed by atoms with E-state index in [1.807, 2.05) is 18.6 Å². The molecule has 0 saturated carbocycles. The quantitative estimate of drug-likeness (QED) is 0.783. The summed E-state index contributed by atoms with van der Waals surface area (Å²) >= 11 is 0. The van der Waals surface area contributed by atoms with E-state index in [1.165, 1.54) is 18.5 Å². The van der Waals surface area contributed by atoms with Crippen molar-refractivity contribution < 1.29 is 4.79 Å². The zero-order valence-electron chi connectivity index (χ0n) is 14.6. The first-order valence-corrected chi connectivity index (χ1v) is 9.31. The maximum atomic E-state index is 12.9. The molecule has 1 atom stereocenters. The van der Waals surface area contributed by atoms with Gasteiger partial charge in [0, 0.05) is 56.4 Å². The summed E-state index contributed by atoms with van der Waals surface area (Å²) in [5, 5.41) is 7.52. The molecule has 7 heteroatoms. The van der Waals surface area contributed by atoms with E-state index >= 15 is 0 Å². The molecule has 5 heterocycles. The summed E-state index contributed by atoms with van der Waals surface area (Å²) in [4.78, 5) is 19.6. The molecule has 26 heavy (non-hydrogen) atoms. The fourth-order valence-electron chi connectivity index (χ4n) is 4.05. The summed E-state index contributed by atoms with van der Waals surface area (Å²) in [6, 6.07) is 4.28. The molecule has 5 rings (SSSR count). The minimum Gasteiger partial charge on any atom is -0.371 e. The van der Waals surface area contributed by atoms with Gasteiger partial charge in [0.25, 0.3) is 5.91 Å². The minimum atomic E-state index is -0.0522. The Labute approximate surface area is 151 Å². The molecule has 1 amide bonds. The van der Waals surface area contributed by atoms with Crippen LogP contribution in [0, 0.1) is 0 Å². The maximum absolute atomic E-state index is 12.9. The van der Waals surface area contributed by atoms with Gasteiger partial charge in [-0.1, -0.05) is 0 Å². The number of rotatable bonds is 3. The lowest BCUT2D eigenvalue weighted by Gasteiger charge is -2.24. The van der Waals surface area contributed by atoms with Crippen molar-refractivity contribution in [2.45, 2.75) is 38.3 Å². The van der Waals surface area contributed by atoms with E-state index in [1.54, 1.807) is 10.7 Å². The normalized spacial score (nSPS) is 19.7. The third-order valence-electron chi connectivity index (χ3n) is 5.51. The second kappa shape index (κ2) is 6.16. The molecular weight excluding hydrogens is 328 g/mol. The number of carbonyl (C=O) groups excluding carboxylic acids is 1. The molecule has 0 aliphatic carbocycles. The Hall–Kier alpha value is -2.83. The topological polar surface area (TPSA) is 67.5 Å². The van der Waals surface area contributed by atoms with Crippen LogP contribution in [0.5, 0.6) is 0 Å². The summed E-state index contributed by atoms with van der Waals surface area (Å²) < 4.78 is 3.93. The lowest BCUT2D eigenvalue weighted by molar-refractivity contribution is 0.0932. The molecule has 0 bridgehead atoms. The highest BCUT2D eigenvalue weighted by Crippen LogP contribution is 2.23. The van der Waals surface area contributed by atoms with E-state index in [9.17, 15) is 4.79 Å². The number of nitrogens with one attached hydrogen (secondary N) is 1. The van der Waals surface area contributed by atoms with Crippen LogP contribution < -0.4 is 10.2 Å². The Morgan fingerprint density at radius 3 is 2.96 bits per heavy atom. The number of pyridine rings is 1. The summed E-state index contributed by atoms with van der Waals surface area (Å²) in [5.41, 5.74) is 2.67. The number of aryl methyl sites for hydroxylation is 1. The third kappa shape index (κ3) is 2.64. The van der Waals surface area contributed by atoms with Gasteiger partial charge in [0.15, 0.2) is 0 Å². The maximum Gasteiger partial charge on any atom is 0.255 e. The molecule has 1 unspecified atom stereocenters. The van der Waals surface area contributed by atoms with Crippen LogP contribution in [0.15, 0.2) is 36.9 Å².